The number of carbonyl (C=O) groups excluding carboxylic acids is 1. The lowest BCUT2D eigenvalue weighted by Crippen LogP contribution is -2.47. The lowest BCUT2D eigenvalue weighted by molar-refractivity contribution is -0.120. The van der Waals surface area contributed by atoms with Crippen molar-refractivity contribution in [1.82, 2.24) is 5.32 Å². The van der Waals surface area contributed by atoms with E-state index in [0.717, 1.165) is 11.1 Å². The van der Waals surface area contributed by atoms with Gasteiger partial charge in [-0.15, -0.1) is 0 Å². The second-order valence-electron chi connectivity index (χ2n) is 10.1. The van der Waals surface area contributed by atoms with E-state index in [1.165, 1.54) is 11.1 Å². The van der Waals surface area contributed by atoms with Gasteiger partial charge in [-0.05, 0) is 39.5 Å². The summed E-state index contributed by atoms with van der Waals surface area (Å²) in [5.74, 6) is 0.000971. The van der Waals surface area contributed by atoms with Gasteiger partial charge in [-0.25, -0.2) is 0 Å². The van der Waals surface area contributed by atoms with Crippen molar-refractivity contribution in [2.45, 2.75) is 76.9 Å². The first kappa shape index (κ1) is 20.6. The maximum absolute atomic E-state index is 11.9. The van der Waals surface area contributed by atoms with Crippen LogP contribution in [0.5, 0.6) is 0 Å². The van der Waals surface area contributed by atoms with E-state index in [9.17, 15) is 9.90 Å². The van der Waals surface area contributed by atoms with Gasteiger partial charge in [-0.2, -0.15) is 0 Å². The van der Waals surface area contributed by atoms with Crippen LogP contribution in [-0.2, 0) is 21.2 Å². The molecule has 0 unspecified atom stereocenters. The smallest absolute Gasteiger partial charge is 0.220 e. The van der Waals surface area contributed by atoms with Crippen molar-refractivity contribution in [3.8, 4) is 0 Å². The number of benzene rings is 2. The number of carbonyl (C=O) groups is 1. The van der Waals surface area contributed by atoms with Gasteiger partial charge in [0.1, 0.15) is 5.60 Å². The Balaban J connectivity index is 2.07. The number of hydrogen-bond acceptors (Lipinski definition) is 2. The van der Waals surface area contributed by atoms with Crippen LogP contribution in [0.3, 0.4) is 0 Å². The minimum atomic E-state index is -1.25. The van der Waals surface area contributed by atoms with Crippen molar-refractivity contribution in [3.63, 3.8) is 0 Å². The van der Waals surface area contributed by atoms with E-state index in [2.05, 4.69) is 71.1 Å². The minimum Gasteiger partial charge on any atom is -0.378 e. The van der Waals surface area contributed by atoms with Gasteiger partial charge in [0.25, 0.3) is 0 Å². The van der Waals surface area contributed by atoms with Crippen LogP contribution in [0.4, 0.5) is 0 Å². The van der Waals surface area contributed by atoms with Gasteiger partial charge in [0.2, 0.25) is 5.91 Å². The van der Waals surface area contributed by atoms with Crippen LogP contribution in [0.15, 0.2) is 48.5 Å². The summed E-state index contributed by atoms with van der Waals surface area (Å²) in [6.07, 6.45) is 1.07. The van der Waals surface area contributed by atoms with Crippen molar-refractivity contribution in [2.24, 2.45) is 0 Å². The van der Waals surface area contributed by atoms with E-state index in [1.807, 2.05) is 24.3 Å². The maximum atomic E-state index is 11.9. The second-order valence-corrected chi connectivity index (χ2v) is 10.1. The molecule has 1 fully saturated rings. The first-order valence-electron chi connectivity index (χ1n) is 10.2. The Labute approximate surface area is 169 Å². The van der Waals surface area contributed by atoms with Crippen molar-refractivity contribution in [3.05, 3.63) is 70.8 Å². The lowest BCUT2D eigenvalue weighted by Gasteiger charge is -2.36. The molecule has 0 aromatic heterocycles. The highest BCUT2D eigenvalue weighted by molar-refractivity contribution is 5.79. The van der Waals surface area contributed by atoms with Gasteiger partial charge in [-0.1, -0.05) is 90.1 Å². The van der Waals surface area contributed by atoms with Crippen LogP contribution in [0.2, 0.25) is 0 Å². The Morgan fingerprint density at radius 3 is 1.39 bits per heavy atom. The molecule has 0 saturated carbocycles. The molecular formula is C25H33NO2. The van der Waals surface area contributed by atoms with E-state index in [4.69, 9.17) is 0 Å². The molecule has 1 saturated heterocycles. The molecule has 0 bridgehead atoms. The van der Waals surface area contributed by atoms with Crippen LogP contribution in [-0.4, -0.2) is 17.1 Å². The van der Waals surface area contributed by atoms with E-state index in [-0.39, 0.29) is 22.8 Å². The van der Waals surface area contributed by atoms with Gasteiger partial charge in [0, 0.05) is 6.42 Å². The molecular weight excluding hydrogens is 346 g/mol. The Kier molecular flexibility index (Phi) is 5.18. The summed E-state index contributed by atoms with van der Waals surface area (Å²) in [6.45, 7) is 13.1. The Morgan fingerprint density at radius 2 is 1.11 bits per heavy atom. The number of aliphatic hydroxyl groups is 1. The molecule has 150 valence electrons. The number of hydrogen-bond donors (Lipinski definition) is 2. The predicted octanol–water partition coefficient (Wildman–Crippen LogP) is 4.80. The molecule has 1 aliphatic heterocycles. The normalized spacial score (nSPS) is 18.2. The van der Waals surface area contributed by atoms with Gasteiger partial charge >= 0.3 is 0 Å². The third-order valence-electron chi connectivity index (χ3n) is 5.88. The first-order chi connectivity index (χ1) is 12.9. The number of rotatable bonds is 3. The maximum Gasteiger partial charge on any atom is 0.220 e. The average Bonchev–Trinajstić information content (AvgIpc) is 3.07. The highest BCUT2D eigenvalue weighted by atomic mass is 16.3. The zero-order valence-corrected chi connectivity index (χ0v) is 18.0. The first-order valence-corrected chi connectivity index (χ1v) is 10.2. The summed E-state index contributed by atoms with van der Waals surface area (Å²) in [5.41, 5.74) is 2.92. The molecule has 1 aliphatic rings. The van der Waals surface area contributed by atoms with Gasteiger partial charge in [0.15, 0.2) is 0 Å². The Hall–Kier alpha value is -2.13. The fourth-order valence-electron chi connectivity index (χ4n) is 3.95. The van der Waals surface area contributed by atoms with Crippen molar-refractivity contribution in [2.75, 3.05) is 0 Å². The van der Waals surface area contributed by atoms with Crippen molar-refractivity contribution < 1.29 is 9.90 Å². The zero-order valence-electron chi connectivity index (χ0n) is 18.0. The number of amides is 1. The standard InChI is InChI=1S/C25H33NO2/c1-23(2,3)17-7-11-19(12-8-17)25(28,21-15-16-22(27)26-21)20-13-9-18(10-14-20)24(4,5)6/h7-14,21,28H,15-16H2,1-6H3,(H,26,27)/t21-/m0/s1. The van der Waals surface area contributed by atoms with Crippen LogP contribution in [0, 0.1) is 0 Å². The lowest BCUT2D eigenvalue weighted by atomic mass is 9.77. The fourth-order valence-corrected chi connectivity index (χ4v) is 3.95. The van der Waals surface area contributed by atoms with E-state index < -0.39 is 5.60 Å². The molecule has 3 rings (SSSR count). The molecule has 1 heterocycles. The van der Waals surface area contributed by atoms with Gasteiger partial charge in [-0.3, -0.25) is 4.79 Å². The second kappa shape index (κ2) is 7.04. The summed E-state index contributed by atoms with van der Waals surface area (Å²) in [4.78, 5) is 11.9. The molecule has 28 heavy (non-hydrogen) atoms. The van der Waals surface area contributed by atoms with Gasteiger partial charge in [0.05, 0.1) is 6.04 Å². The van der Waals surface area contributed by atoms with E-state index >= 15 is 0 Å². The molecule has 3 nitrogen and oxygen atoms in total. The SMILES string of the molecule is CC(C)(C)c1ccc(C(O)(c2ccc(C(C)(C)C)cc2)[C@@H]2CCC(=O)N2)cc1. The molecule has 0 aliphatic carbocycles. The molecule has 3 heteroatoms. The highest BCUT2D eigenvalue weighted by Gasteiger charge is 2.43. The summed E-state index contributed by atoms with van der Waals surface area (Å²) in [5, 5.41) is 14.9. The molecule has 1 atom stereocenters. The minimum absolute atomic E-state index is 0.000971. The molecule has 2 N–H and O–H groups in total. The van der Waals surface area contributed by atoms with Crippen LogP contribution >= 0.6 is 0 Å². The monoisotopic (exact) mass is 379 g/mol. The molecule has 0 radical (unpaired) electrons. The molecule has 2 aromatic carbocycles. The predicted molar refractivity (Wildman–Crippen MR) is 114 cm³/mol. The molecule has 1 amide bonds. The zero-order chi connectivity index (χ0) is 20.7. The third kappa shape index (κ3) is 3.86. The van der Waals surface area contributed by atoms with Crippen LogP contribution < -0.4 is 5.32 Å². The topological polar surface area (TPSA) is 49.3 Å². The van der Waals surface area contributed by atoms with Crippen molar-refractivity contribution in [1.29, 1.82) is 0 Å². The van der Waals surface area contributed by atoms with E-state index in [0.29, 0.717) is 12.8 Å². The molecule has 0 spiro atoms. The Bertz CT molecular complexity index is 779. The number of nitrogens with one attached hydrogen (secondary N) is 1. The van der Waals surface area contributed by atoms with Crippen molar-refractivity contribution >= 4 is 5.91 Å². The van der Waals surface area contributed by atoms with Crippen LogP contribution in [0.1, 0.15) is 76.6 Å². The van der Waals surface area contributed by atoms with E-state index in [1.54, 1.807) is 0 Å². The fraction of sp³-hybridized carbons (Fsp3) is 0.480. The molecule has 2 aromatic rings. The summed E-state index contributed by atoms with van der Waals surface area (Å²) < 4.78 is 0. The highest BCUT2D eigenvalue weighted by Crippen LogP contribution is 2.38. The average molecular weight is 380 g/mol. The largest absolute Gasteiger partial charge is 0.378 e. The van der Waals surface area contributed by atoms with Gasteiger partial charge < -0.3 is 10.4 Å². The van der Waals surface area contributed by atoms with Crippen LogP contribution in [0.25, 0.3) is 0 Å². The third-order valence-corrected chi connectivity index (χ3v) is 5.88. The summed E-state index contributed by atoms with van der Waals surface area (Å²) in [7, 11) is 0. The summed E-state index contributed by atoms with van der Waals surface area (Å²) in [6, 6.07) is 16.0. The Morgan fingerprint density at radius 1 is 0.750 bits per heavy atom. The summed E-state index contributed by atoms with van der Waals surface area (Å²) >= 11 is 0. The quantitative estimate of drug-likeness (QED) is 0.805.